The van der Waals surface area contributed by atoms with Crippen molar-refractivity contribution in [2.75, 3.05) is 6.61 Å². The average Bonchev–Trinajstić information content (AvgIpc) is 1.97. The van der Waals surface area contributed by atoms with Crippen molar-refractivity contribution in [1.29, 1.82) is 0 Å². The van der Waals surface area contributed by atoms with Crippen molar-refractivity contribution < 1.29 is 4.84 Å². The zero-order chi connectivity index (χ0) is 9.03. The average molecular weight is 169 g/mol. The van der Waals surface area contributed by atoms with Gasteiger partial charge in [-0.25, -0.2) is 0 Å². The van der Waals surface area contributed by atoms with Crippen molar-refractivity contribution in [1.82, 2.24) is 0 Å². The molecule has 0 amide bonds. The van der Waals surface area contributed by atoms with Gasteiger partial charge in [-0.3, -0.25) is 0 Å². The van der Waals surface area contributed by atoms with Crippen molar-refractivity contribution in [3.63, 3.8) is 0 Å². The zero-order valence-electron chi connectivity index (χ0n) is 8.39. The van der Waals surface area contributed by atoms with Gasteiger partial charge in [-0.1, -0.05) is 25.9 Å². The van der Waals surface area contributed by atoms with E-state index in [-0.39, 0.29) is 0 Å². The van der Waals surface area contributed by atoms with E-state index < -0.39 is 0 Å². The van der Waals surface area contributed by atoms with E-state index in [1.165, 1.54) is 18.6 Å². The van der Waals surface area contributed by atoms with Gasteiger partial charge in [-0.15, -0.1) is 0 Å². The van der Waals surface area contributed by atoms with E-state index in [1.807, 2.05) is 0 Å². The van der Waals surface area contributed by atoms with Gasteiger partial charge in [-0.05, 0) is 25.7 Å². The molecule has 0 atom stereocenters. The Kier molecular flexibility index (Phi) is 3.12. The number of hydrogen-bond donors (Lipinski definition) is 0. The Balaban J connectivity index is 2.50. The Hall–Kier alpha value is -0.530. The van der Waals surface area contributed by atoms with E-state index in [4.69, 9.17) is 4.84 Å². The van der Waals surface area contributed by atoms with Gasteiger partial charge in [-0.2, -0.15) is 0 Å². The van der Waals surface area contributed by atoms with Crippen LogP contribution in [0.15, 0.2) is 5.16 Å². The van der Waals surface area contributed by atoms with Crippen LogP contribution in [0.5, 0.6) is 0 Å². The normalized spacial score (nSPS) is 27.8. The van der Waals surface area contributed by atoms with E-state index in [0.717, 1.165) is 19.4 Å². The molecule has 0 aliphatic carbocycles. The van der Waals surface area contributed by atoms with Crippen molar-refractivity contribution in [2.45, 2.75) is 46.5 Å². The lowest BCUT2D eigenvalue weighted by molar-refractivity contribution is 0.0569. The Morgan fingerprint density at radius 1 is 1.50 bits per heavy atom. The van der Waals surface area contributed by atoms with Gasteiger partial charge in [0.15, 0.2) is 0 Å². The molecule has 1 heterocycles. The topological polar surface area (TPSA) is 21.6 Å². The maximum atomic E-state index is 5.28. The smallest absolute Gasteiger partial charge is 0.122 e. The van der Waals surface area contributed by atoms with Gasteiger partial charge < -0.3 is 4.84 Å². The molecule has 1 aliphatic rings. The first kappa shape index (κ1) is 9.56. The highest BCUT2D eigenvalue weighted by atomic mass is 16.6. The minimum atomic E-state index is 0.308. The highest BCUT2D eigenvalue weighted by Gasteiger charge is 2.20. The van der Waals surface area contributed by atoms with E-state index >= 15 is 0 Å². The summed E-state index contributed by atoms with van der Waals surface area (Å²) >= 11 is 0. The first-order valence-electron chi connectivity index (χ1n) is 4.82. The van der Waals surface area contributed by atoms with Crippen molar-refractivity contribution >= 4 is 5.71 Å². The number of rotatable bonds is 1. The summed E-state index contributed by atoms with van der Waals surface area (Å²) in [6.45, 7) is 7.37. The van der Waals surface area contributed by atoms with Crippen LogP contribution in [-0.2, 0) is 4.84 Å². The molecule has 12 heavy (non-hydrogen) atoms. The second-order valence-corrected chi connectivity index (χ2v) is 4.30. The molecule has 0 fully saturated rings. The third-order valence-corrected chi connectivity index (χ3v) is 2.38. The summed E-state index contributed by atoms with van der Waals surface area (Å²) in [6, 6.07) is 0. The predicted molar refractivity (Wildman–Crippen MR) is 51.3 cm³/mol. The van der Waals surface area contributed by atoms with Crippen LogP contribution >= 0.6 is 0 Å². The predicted octanol–water partition coefficient (Wildman–Crippen LogP) is 2.98. The SMILES string of the molecule is CC/C1=N/OCC(C)(C)CCC1. The third-order valence-electron chi connectivity index (χ3n) is 2.38. The second-order valence-electron chi connectivity index (χ2n) is 4.30. The fourth-order valence-corrected chi connectivity index (χ4v) is 1.43. The highest BCUT2D eigenvalue weighted by Crippen LogP contribution is 2.25. The Morgan fingerprint density at radius 3 is 2.92 bits per heavy atom. The molecule has 0 radical (unpaired) electrons. The molecule has 1 aliphatic heterocycles. The molecule has 0 aromatic rings. The van der Waals surface area contributed by atoms with Crippen LogP contribution in [0, 0.1) is 5.41 Å². The standard InChI is InChI=1S/C10H19NO/c1-4-9-6-5-7-10(2,3)8-12-11-9/h4-8H2,1-3H3/b11-9-. The molecule has 0 spiro atoms. The summed E-state index contributed by atoms with van der Waals surface area (Å²) in [5.41, 5.74) is 1.52. The molecule has 0 aromatic carbocycles. The van der Waals surface area contributed by atoms with Crippen LogP contribution in [-0.4, -0.2) is 12.3 Å². The monoisotopic (exact) mass is 169 g/mol. The van der Waals surface area contributed by atoms with E-state index in [0.29, 0.717) is 5.41 Å². The molecular formula is C10H19NO. The first-order valence-corrected chi connectivity index (χ1v) is 4.82. The molecule has 0 N–H and O–H groups in total. The van der Waals surface area contributed by atoms with Crippen molar-refractivity contribution in [2.24, 2.45) is 10.6 Å². The molecule has 0 unspecified atom stereocenters. The maximum absolute atomic E-state index is 5.28. The lowest BCUT2D eigenvalue weighted by Crippen LogP contribution is -2.20. The highest BCUT2D eigenvalue weighted by molar-refractivity contribution is 5.83. The van der Waals surface area contributed by atoms with Crippen LogP contribution in [0.1, 0.15) is 46.5 Å². The van der Waals surface area contributed by atoms with Crippen LogP contribution in [0.3, 0.4) is 0 Å². The largest absolute Gasteiger partial charge is 0.395 e. The van der Waals surface area contributed by atoms with Crippen LogP contribution in [0.4, 0.5) is 0 Å². The summed E-state index contributed by atoms with van der Waals surface area (Å²) in [4.78, 5) is 5.28. The summed E-state index contributed by atoms with van der Waals surface area (Å²) < 4.78 is 0. The molecular weight excluding hydrogens is 150 g/mol. The van der Waals surface area contributed by atoms with Gasteiger partial charge in [0.05, 0.1) is 5.71 Å². The minimum Gasteiger partial charge on any atom is -0.395 e. The third kappa shape index (κ3) is 2.84. The quantitative estimate of drug-likeness (QED) is 0.591. The van der Waals surface area contributed by atoms with Gasteiger partial charge in [0.2, 0.25) is 0 Å². The van der Waals surface area contributed by atoms with E-state index in [1.54, 1.807) is 0 Å². The number of oxime groups is 1. The van der Waals surface area contributed by atoms with Gasteiger partial charge in [0.1, 0.15) is 6.61 Å². The molecule has 0 saturated heterocycles. The summed E-state index contributed by atoms with van der Waals surface area (Å²) in [5, 5.41) is 4.11. The lowest BCUT2D eigenvalue weighted by atomic mass is 9.87. The minimum absolute atomic E-state index is 0.308. The van der Waals surface area contributed by atoms with E-state index in [2.05, 4.69) is 25.9 Å². The molecule has 0 saturated carbocycles. The van der Waals surface area contributed by atoms with Gasteiger partial charge in [0.25, 0.3) is 0 Å². The van der Waals surface area contributed by atoms with Gasteiger partial charge >= 0.3 is 0 Å². The Labute approximate surface area is 75.0 Å². The summed E-state index contributed by atoms with van der Waals surface area (Å²) in [6.07, 6.45) is 4.63. The second kappa shape index (κ2) is 3.92. The van der Waals surface area contributed by atoms with E-state index in [9.17, 15) is 0 Å². The fraction of sp³-hybridized carbons (Fsp3) is 0.900. The van der Waals surface area contributed by atoms with Crippen LogP contribution in [0.25, 0.3) is 0 Å². The lowest BCUT2D eigenvalue weighted by Gasteiger charge is -2.24. The Bertz CT molecular complexity index is 173. The molecule has 0 aromatic heterocycles. The fourth-order valence-electron chi connectivity index (χ4n) is 1.43. The molecule has 0 bridgehead atoms. The van der Waals surface area contributed by atoms with Crippen molar-refractivity contribution in [3.05, 3.63) is 0 Å². The van der Waals surface area contributed by atoms with Gasteiger partial charge in [0, 0.05) is 5.41 Å². The maximum Gasteiger partial charge on any atom is 0.122 e. The Morgan fingerprint density at radius 2 is 2.25 bits per heavy atom. The molecule has 2 nitrogen and oxygen atoms in total. The van der Waals surface area contributed by atoms with Crippen LogP contribution < -0.4 is 0 Å². The molecule has 70 valence electrons. The first-order chi connectivity index (χ1) is 5.64. The summed E-state index contributed by atoms with van der Waals surface area (Å²) in [5.74, 6) is 0. The van der Waals surface area contributed by atoms with Crippen LogP contribution in [0.2, 0.25) is 0 Å². The number of nitrogens with zero attached hydrogens (tertiary/aromatic N) is 1. The zero-order valence-corrected chi connectivity index (χ0v) is 8.39. The van der Waals surface area contributed by atoms with Crippen molar-refractivity contribution in [3.8, 4) is 0 Å². The molecule has 1 rings (SSSR count). The summed E-state index contributed by atoms with van der Waals surface area (Å²) in [7, 11) is 0. The molecule has 2 heteroatoms. The number of hydrogen-bond acceptors (Lipinski definition) is 2.